The van der Waals surface area contributed by atoms with Crippen molar-refractivity contribution in [1.82, 2.24) is 10.2 Å². The monoisotopic (exact) mass is 253 g/mol. The summed E-state index contributed by atoms with van der Waals surface area (Å²) in [4.78, 5) is 0. The van der Waals surface area contributed by atoms with E-state index in [9.17, 15) is 5.11 Å². The molecule has 0 saturated carbocycles. The van der Waals surface area contributed by atoms with E-state index in [4.69, 9.17) is 0 Å². The van der Waals surface area contributed by atoms with E-state index in [0.717, 1.165) is 22.2 Å². The number of nitrogens with one attached hydrogen (secondary N) is 2. The van der Waals surface area contributed by atoms with E-state index in [1.807, 2.05) is 43.3 Å². The van der Waals surface area contributed by atoms with Crippen LogP contribution in [-0.4, -0.2) is 15.3 Å². The first-order chi connectivity index (χ1) is 9.25. The molecule has 1 heterocycles. The number of para-hydroxylation sites is 2. The molecule has 1 unspecified atom stereocenters. The minimum atomic E-state index is 0.00935. The highest BCUT2D eigenvalue weighted by Crippen LogP contribution is 2.29. The summed E-state index contributed by atoms with van der Waals surface area (Å²) in [6.45, 7) is 2.02. The number of aromatic amines is 1. The second kappa shape index (κ2) is 4.65. The summed E-state index contributed by atoms with van der Waals surface area (Å²) in [6, 6.07) is 13.4. The maximum absolute atomic E-state index is 9.87. The van der Waals surface area contributed by atoms with Gasteiger partial charge in [-0.2, -0.15) is 5.10 Å². The molecular formula is C15H15N3O. The van der Waals surface area contributed by atoms with E-state index in [2.05, 4.69) is 15.5 Å². The van der Waals surface area contributed by atoms with Crippen LogP contribution in [0.15, 0.2) is 48.7 Å². The summed E-state index contributed by atoms with van der Waals surface area (Å²) >= 11 is 0. The quantitative estimate of drug-likeness (QED) is 0.670. The highest BCUT2D eigenvalue weighted by Gasteiger charge is 2.11. The van der Waals surface area contributed by atoms with Crippen LogP contribution in [0, 0.1) is 0 Å². The average molecular weight is 253 g/mol. The zero-order valence-electron chi connectivity index (χ0n) is 10.6. The van der Waals surface area contributed by atoms with Crippen molar-refractivity contribution in [3.8, 4) is 5.75 Å². The molecule has 4 nitrogen and oxygen atoms in total. The molecule has 3 rings (SSSR count). The first-order valence-electron chi connectivity index (χ1n) is 6.22. The average Bonchev–Trinajstić information content (AvgIpc) is 2.88. The fraction of sp³-hybridized carbons (Fsp3) is 0.133. The van der Waals surface area contributed by atoms with Gasteiger partial charge in [-0.3, -0.25) is 5.10 Å². The number of phenolic OH excluding ortho intramolecular Hbond substituents is 1. The Balaban J connectivity index is 1.93. The minimum Gasteiger partial charge on any atom is -0.508 e. The molecule has 0 bridgehead atoms. The first-order valence-corrected chi connectivity index (χ1v) is 6.22. The van der Waals surface area contributed by atoms with Crippen molar-refractivity contribution in [2.75, 3.05) is 5.32 Å². The summed E-state index contributed by atoms with van der Waals surface area (Å²) < 4.78 is 0. The number of anilines is 1. The van der Waals surface area contributed by atoms with E-state index in [1.165, 1.54) is 0 Å². The molecule has 0 spiro atoms. The standard InChI is InChI=1S/C15H15N3O/c1-10(12-6-2-3-8-14(12)19)17-13-7-4-5-11-9-16-18-15(11)13/h2-10,17,19H,1H3,(H,16,18). The molecule has 0 aliphatic heterocycles. The van der Waals surface area contributed by atoms with Crippen LogP contribution in [0.25, 0.3) is 10.9 Å². The van der Waals surface area contributed by atoms with Crippen LogP contribution < -0.4 is 5.32 Å². The number of aromatic nitrogens is 2. The summed E-state index contributed by atoms with van der Waals surface area (Å²) in [5.74, 6) is 0.305. The van der Waals surface area contributed by atoms with Crippen molar-refractivity contribution in [3.05, 3.63) is 54.2 Å². The Morgan fingerprint density at radius 3 is 2.84 bits per heavy atom. The van der Waals surface area contributed by atoms with E-state index in [0.29, 0.717) is 5.75 Å². The van der Waals surface area contributed by atoms with Crippen LogP contribution >= 0.6 is 0 Å². The SMILES string of the molecule is CC(Nc1cccc2cn[nH]c12)c1ccccc1O. The van der Waals surface area contributed by atoms with E-state index in [-0.39, 0.29) is 6.04 Å². The molecule has 0 saturated heterocycles. The molecule has 2 aromatic carbocycles. The van der Waals surface area contributed by atoms with Crippen molar-refractivity contribution in [2.45, 2.75) is 13.0 Å². The molecule has 96 valence electrons. The largest absolute Gasteiger partial charge is 0.508 e. The highest BCUT2D eigenvalue weighted by molar-refractivity contribution is 5.90. The van der Waals surface area contributed by atoms with Gasteiger partial charge in [-0.1, -0.05) is 30.3 Å². The van der Waals surface area contributed by atoms with Crippen molar-refractivity contribution in [1.29, 1.82) is 0 Å². The number of aromatic hydroxyl groups is 1. The summed E-state index contributed by atoms with van der Waals surface area (Å²) in [5, 5.41) is 21.4. The molecule has 3 N–H and O–H groups in total. The van der Waals surface area contributed by atoms with Gasteiger partial charge in [0.2, 0.25) is 0 Å². The van der Waals surface area contributed by atoms with Crippen molar-refractivity contribution in [3.63, 3.8) is 0 Å². The Kier molecular flexibility index (Phi) is 2.83. The second-order valence-corrected chi connectivity index (χ2v) is 4.56. The summed E-state index contributed by atoms with van der Waals surface area (Å²) in [6.07, 6.45) is 1.80. The van der Waals surface area contributed by atoms with Crippen molar-refractivity contribution in [2.24, 2.45) is 0 Å². The van der Waals surface area contributed by atoms with Gasteiger partial charge in [0, 0.05) is 10.9 Å². The topological polar surface area (TPSA) is 60.9 Å². The van der Waals surface area contributed by atoms with Crippen LogP contribution in [0.4, 0.5) is 5.69 Å². The number of hydrogen-bond donors (Lipinski definition) is 3. The molecule has 0 aliphatic carbocycles. The van der Waals surface area contributed by atoms with E-state index < -0.39 is 0 Å². The fourth-order valence-corrected chi connectivity index (χ4v) is 2.25. The van der Waals surface area contributed by atoms with Gasteiger partial charge in [-0.15, -0.1) is 0 Å². The second-order valence-electron chi connectivity index (χ2n) is 4.56. The lowest BCUT2D eigenvalue weighted by atomic mass is 10.1. The number of phenols is 1. The number of benzene rings is 2. The molecule has 19 heavy (non-hydrogen) atoms. The predicted octanol–water partition coefficient (Wildman–Crippen LogP) is 3.44. The number of hydrogen-bond acceptors (Lipinski definition) is 3. The molecule has 0 fully saturated rings. The van der Waals surface area contributed by atoms with Crippen molar-refractivity contribution >= 4 is 16.6 Å². The van der Waals surface area contributed by atoms with Crippen LogP contribution in [-0.2, 0) is 0 Å². The lowest BCUT2D eigenvalue weighted by Crippen LogP contribution is -2.07. The molecule has 1 aromatic heterocycles. The number of nitrogens with zero attached hydrogens (tertiary/aromatic N) is 1. The zero-order chi connectivity index (χ0) is 13.2. The highest BCUT2D eigenvalue weighted by atomic mass is 16.3. The first kappa shape index (κ1) is 11.6. The molecule has 0 radical (unpaired) electrons. The van der Waals surface area contributed by atoms with Gasteiger partial charge in [-0.25, -0.2) is 0 Å². The molecule has 0 amide bonds. The maximum atomic E-state index is 9.87. The van der Waals surface area contributed by atoms with Crippen LogP contribution in [0.1, 0.15) is 18.5 Å². The molecule has 1 atom stereocenters. The van der Waals surface area contributed by atoms with Gasteiger partial charge in [0.15, 0.2) is 0 Å². The van der Waals surface area contributed by atoms with Gasteiger partial charge in [0.05, 0.1) is 23.4 Å². The Morgan fingerprint density at radius 2 is 2.00 bits per heavy atom. The third-order valence-electron chi connectivity index (χ3n) is 3.25. The van der Waals surface area contributed by atoms with Gasteiger partial charge < -0.3 is 10.4 Å². The molecule has 4 heteroatoms. The van der Waals surface area contributed by atoms with Crippen LogP contribution in [0.2, 0.25) is 0 Å². The number of rotatable bonds is 3. The predicted molar refractivity (Wildman–Crippen MR) is 76.2 cm³/mol. The Hall–Kier alpha value is -2.49. The third-order valence-corrected chi connectivity index (χ3v) is 3.25. The van der Waals surface area contributed by atoms with Gasteiger partial charge in [0.1, 0.15) is 5.75 Å². The van der Waals surface area contributed by atoms with E-state index >= 15 is 0 Å². The van der Waals surface area contributed by atoms with Crippen LogP contribution in [0.3, 0.4) is 0 Å². The molecule has 0 aliphatic rings. The third kappa shape index (κ3) is 2.12. The lowest BCUT2D eigenvalue weighted by molar-refractivity contribution is 0.465. The van der Waals surface area contributed by atoms with Crippen LogP contribution in [0.5, 0.6) is 5.75 Å². The Bertz CT molecular complexity index is 705. The molecular weight excluding hydrogens is 238 g/mol. The smallest absolute Gasteiger partial charge is 0.120 e. The maximum Gasteiger partial charge on any atom is 0.120 e. The normalized spacial score (nSPS) is 12.5. The van der Waals surface area contributed by atoms with Gasteiger partial charge in [0.25, 0.3) is 0 Å². The lowest BCUT2D eigenvalue weighted by Gasteiger charge is -2.17. The Labute approximate surface area is 111 Å². The molecule has 3 aromatic rings. The zero-order valence-corrected chi connectivity index (χ0v) is 10.6. The van der Waals surface area contributed by atoms with Gasteiger partial charge in [-0.05, 0) is 19.1 Å². The number of fused-ring (bicyclic) bond motifs is 1. The fourth-order valence-electron chi connectivity index (χ4n) is 2.25. The van der Waals surface area contributed by atoms with Crippen molar-refractivity contribution < 1.29 is 5.11 Å². The number of H-pyrrole nitrogens is 1. The van der Waals surface area contributed by atoms with Gasteiger partial charge >= 0.3 is 0 Å². The minimum absolute atomic E-state index is 0.00935. The van der Waals surface area contributed by atoms with E-state index in [1.54, 1.807) is 12.3 Å². The summed E-state index contributed by atoms with van der Waals surface area (Å²) in [7, 11) is 0. The summed E-state index contributed by atoms with van der Waals surface area (Å²) in [5.41, 5.74) is 2.83. The Morgan fingerprint density at radius 1 is 1.16 bits per heavy atom.